The molecule has 0 spiro atoms. The molecule has 2 N–H and O–H groups in total. The fraction of sp³-hybridized carbons (Fsp3) is 0.471. The molecule has 204 valence electrons. The van der Waals surface area contributed by atoms with Crippen molar-refractivity contribution in [3.05, 3.63) is 71.8 Å². The molecule has 1 aliphatic heterocycles. The van der Waals surface area contributed by atoms with E-state index in [1.54, 1.807) is 0 Å². The van der Waals surface area contributed by atoms with Crippen molar-refractivity contribution in [2.24, 2.45) is 5.92 Å². The van der Waals surface area contributed by atoms with Crippen LogP contribution in [0.15, 0.2) is 60.7 Å². The van der Waals surface area contributed by atoms with Crippen LogP contribution in [0.5, 0.6) is 11.5 Å². The number of benzene rings is 2. The lowest BCUT2D eigenvalue weighted by molar-refractivity contribution is -0.128. The molecule has 2 heterocycles. The molecule has 2 aromatic carbocycles. The predicted octanol–water partition coefficient (Wildman–Crippen LogP) is 7.94. The zero-order valence-electron chi connectivity index (χ0n) is 23.0. The van der Waals surface area contributed by atoms with Gasteiger partial charge in [0, 0.05) is 18.0 Å². The number of allylic oxidation sites excluding steroid dienone is 1. The van der Waals surface area contributed by atoms with Gasteiger partial charge in [0.15, 0.2) is 0 Å². The molecule has 0 saturated heterocycles. The lowest BCUT2D eigenvalue weighted by Gasteiger charge is -2.34. The summed E-state index contributed by atoms with van der Waals surface area (Å²) in [4.78, 5) is 20.6. The van der Waals surface area contributed by atoms with Crippen LogP contribution in [-0.2, 0) is 11.2 Å². The number of amides is 1. The minimum absolute atomic E-state index is 0.147. The third-order valence-corrected chi connectivity index (χ3v) is 9.19. The summed E-state index contributed by atoms with van der Waals surface area (Å²) >= 11 is 0. The molecule has 0 radical (unpaired) electrons. The lowest BCUT2D eigenvalue weighted by atomic mass is 9.75. The molecule has 39 heavy (non-hydrogen) atoms. The van der Waals surface area contributed by atoms with E-state index in [0.717, 1.165) is 60.2 Å². The Kier molecular flexibility index (Phi) is 7.85. The highest BCUT2D eigenvalue weighted by atomic mass is 16.5. The highest BCUT2D eigenvalue weighted by Gasteiger charge is 2.28. The average molecular weight is 524 g/mol. The van der Waals surface area contributed by atoms with Crippen LogP contribution in [0.1, 0.15) is 87.7 Å². The van der Waals surface area contributed by atoms with Crippen molar-refractivity contribution in [1.29, 1.82) is 0 Å². The van der Waals surface area contributed by atoms with Crippen molar-refractivity contribution in [3.63, 3.8) is 0 Å². The normalized spacial score (nSPS) is 22.6. The number of ether oxygens (including phenoxy) is 1. The van der Waals surface area contributed by atoms with Crippen molar-refractivity contribution in [1.82, 2.24) is 9.88 Å². The van der Waals surface area contributed by atoms with E-state index in [1.807, 2.05) is 30.3 Å². The van der Waals surface area contributed by atoms with E-state index in [2.05, 4.69) is 35.2 Å². The first-order chi connectivity index (χ1) is 19.1. The van der Waals surface area contributed by atoms with Gasteiger partial charge >= 0.3 is 0 Å². The number of hydrogen-bond donors (Lipinski definition) is 1. The number of carbonyl (C=O) groups excluding carboxylic acids is 1. The first-order valence-corrected chi connectivity index (χ1v) is 15.1. The minimum Gasteiger partial charge on any atom is -0.457 e. The average Bonchev–Trinajstić information content (AvgIpc) is 2.96. The molecular weight excluding hydrogens is 482 g/mol. The number of hydrogen-bond acceptors (Lipinski definition) is 4. The summed E-state index contributed by atoms with van der Waals surface area (Å²) in [6.45, 7) is 0.729. The van der Waals surface area contributed by atoms with Crippen LogP contribution in [0.25, 0.3) is 10.9 Å². The van der Waals surface area contributed by atoms with Crippen LogP contribution in [0.3, 0.4) is 0 Å². The summed E-state index contributed by atoms with van der Waals surface area (Å²) in [5, 5.41) is 1.04. The lowest BCUT2D eigenvalue weighted by Crippen LogP contribution is -2.41. The highest BCUT2D eigenvalue weighted by molar-refractivity contribution is 5.88. The summed E-state index contributed by atoms with van der Waals surface area (Å²) in [6.07, 6.45) is 17.7. The Labute approximate surface area is 232 Å². The first-order valence-electron chi connectivity index (χ1n) is 15.1. The number of pyridine rings is 1. The number of fused-ring (bicyclic) bond motifs is 4. The van der Waals surface area contributed by atoms with Crippen LogP contribution < -0.4 is 10.5 Å². The monoisotopic (exact) mass is 523 g/mol. The summed E-state index contributed by atoms with van der Waals surface area (Å²) in [5.41, 5.74) is 9.80. The maximum absolute atomic E-state index is 13.7. The van der Waals surface area contributed by atoms with Gasteiger partial charge in [0.25, 0.3) is 0 Å². The Bertz CT molecular complexity index is 1340. The molecule has 5 nitrogen and oxygen atoms in total. The van der Waals surface area contributed by atoms with E-state index >= 15 is 0 Å². The maximum Gasteiger partial charge on any atom is 0.246 e. The van der Waals surface area contributed by atoms with E-state index in [0.29, 0.717) is 17.8 Å². The van der Waals surface area contributed by atoms with Crippen molar-refractivity contribution in [2.75, 3.05) is 12.3 Å². The molecular formula is C34H41N3O2. The van der Waals surface area contributed by atoms with Gasteiger partial charge in [-0.2, -0.15) is 0 Å². The molecule has 1 aromatic heterocycles. The molecule has 5 heteroatoms. The molecule has 2 aliphatic carbocycles. The number of rotatable bonds is 2. The van der Waals surface area contributed by atoms with Crippen LogP contribution >= 0.6 is 0 Å². The van der Waals surface area contributed by atoms with E-state index in [1.165, 1.54) is 56.9 Å². The van der Waals surface area contributed by atoms with Gasteiger partial charge < -0.3 is 15.4 Å². The quantitative estimate of drug-likeness (QED) is 0.370. The van der Waals surface area contributed by atoms with Crippen molar-refractivity contribution >= 4 is 22.6 Å². The number of carbonyl (C=O) groups is 1. The second-order valence-corrected chi connectivity index (χ2v) is 11.8. The number of nitrogens with two attached hydrogens (primary N) is 1. The zero-order chi connectivity index (χ0) is 26.6. The van der Waals surface area contributed by atoms with Crippen molar-refractivity contribution < 1.29 is 9.53 Å². The molecule has 6 rings (SSSR count). The Morgan fingerprint density at radius 2 is 1.64 bits per heavy atom. The van der Waals surface area contributed by atoms with Gasteiger partial charge in [-0.25, -0.2) is 4.98 Å². The molecule has 3 aromatic rings. The van der Waals surface area contributed by atoms with Crippen molar-refractivity contribution in [3.8, 4) is 11.5 Å². The second-order valence-electron chi connectivity index (χ2n) is 11.8. The van der Waals surface area contributed by atoms with Gasteiger partial charge in [0.2, 0.25) is 5.91 Å². The van der Waals surface area contributed by atoms with E-state index < -0.39 is 0 Å². The summed E-state index contributed by atoms with van der Waals surface area (Å²) < 4.78 is 6.33. The van der Waals surface area contributed by atoms with Crippen molar-refractivity contribution in [2.45, 2.75) is 89.0 Å². The maximum atomic E-state index is 13.7. The number of aromatic nitrogens is 1. The topological polar surface area (TPSA) is 68.5 Å². The van der Waals surface area contributed by atoms with Gasteiger partial charge in [0.1, 0.15) is 17.3 Å². The largest absolute Gasteiger partial charge is 0.457 e. The van der Waals surface area contributed by atoms with Gasteiger partial charge in [-0.1, -0.05) is 56.7 Å². The summed E-state index contributed by atoms with van der Waals surface area (Å²) in [5.74, 6) is 3.18. The van der Waals surface area contributed by atoms with Gasteiger partial charge in [-0.05, 0) is 104 Å². The second kappa shape index (κ2) is 11.8. The molecule has 1 atom stereocenters. The molecule has 3 aliphatic rings. The smallest absolute Gasteiger partial charge is 0.246 e. The standard InChI is InChI=1S/C34H41N3O2/c35-34-31-23-26-22-29(17-18-32(26)36-34)39-28-14-7-9-24(21-28)19-20-37(27-12-5-2-6-13-27)33(38)16-8-15-30(31)25-10-3-1-4-11-25/h7-9,14,16-18,21-23,25,27,30H,1-6,10-13,15,19-20H2,(H2,35,36)/b16-8+. The molecule has 1 unspecified atom stereocenters. The molecule has 2 saturated carbocycles. The number of nitrogens with zero attached hydrogens (tertiary/aromatic N) is 2. The number of anilines is 1. The molecule has 5 bridgehead atoms. The Morgan fingerprint density at radius 3 is 2.46 bits per heavy atom. The highest BCUT2D eigenvalue weighted by Crippen LogP contribution is 2.41. The summed E-state index contributed by atoms with van der Waals surface area (Å²) in [6, 6.07) is 16.9. The Balaban J connectivity index is 1.40. The number of nitrogen functional groups attached to an aromatic ring is 1. The van der Waals surface area contributed by atoms with Crippen LogP contribution in [-0.4, -0.2) is 28.4 Å². The van der Waals surface area contributed by atoms with Crippen LogP contribution in [0.2, 0.25) is 0 Å². The SMILES string of the molecule is Nc1nc2ccc3cc2cc1C(C1CCCCC1)C/C=C/C(=O)N(C1CCCCC1)CCc1cccc(c1)O3. The van der Waals surface area contributed by atoms with Crippen LogP contribution in [0.4, 0.5) is 5.82 Å². The Hall–Kier alpha value is -3.34. The van der Waals surface area contributed by atoms with E-state index in [-0.39, 0.29) is 11.8 Å². The van der Waals surface area contributed by atoms with E-state index in [9.17, 15) is 4.79 Å². The third kappa shape index (κ3) is 5.98. The molecule has 1 amide bonds. The zero-order valence-corrected chi connectivity index (χ0v) is 23.0. The fourth-order valence-electron chi connectivity index (χ4n) is 7.08. The molecule has 2 fully saturated rings. The third-order valence-electron chi connectivity index (χ3n) is 9.19. The van der Waals surface area contributed by atoms with Gasteiger partial charge in [0.05, 0.1) is 5.52 Å². The van der Waals surface area contributed by atoms with Crippen LogP contribution in [0, 0.1) is 5.92 Å². The minimum atomic E-state index is 0.147. The van der Waals surface area contributed by atoms with Gasteiger partial charge in [-0.15, -0.1) is 0 Å². The Morgan fingerprint density at radius 1 is 0.872 bits per heavy atom. The fourth-order valence-corrected chi connectivity index (χ4v) is 7.08. The summed E-state index contributed by atoms with van der Waals surface area (Å²) in [7, 11) is 0. The first kappa shape index (κ1) is 25.9. The predicted molar refractivity (Wildman–Crippen MR) is 158 cm³/mol. The van der Waals surface area contributed by atoms with E-state index in [4.69, 9.17) is 15.5 Å². The van der Waals surface area contributed by atoms with Gasteiger partial charge in [-0.3, -0.25) is 4.79 Å².